The van der Waals surface area contributed by atoms with Crippen molar-refractivity contribution in [2.45, 2.75) is 0 Å². The predicted molar refractivity (Wildman–Crippen MR) is 69.9 cm³/mol. The molecule has 0 bridgehead atoms. The minimum Gasteiger partial charge on any atom is -0.495 e. The maximum absolute atomic E-state index is 5.94. The molecule has 5 heteroatoms. The lowest BCUT2D eigenvalue weighted by Gasteiger charge is -2.11. The molecule has 0 radical (unpaired) electrons. The quantitative estimate of drug-likeness (QED) is 0.878. The molecule has 1 aromatic heterocycles. The third-order valence-electron chi connectivity index (χ3n) is 2.22. The summed E-state index contributed by atoms with van der Waals surface area (Å²) in [6.45, 7) is 0. The number of nitrogen functional groups attached to an aromatic ring is 1. The molecule has 0 aliphatic carbocycles. The second kappa shape index (κ2) is 4.93. The highest BCUT2D eigenvalue weighted by atomic mass is 35.5. The minimum atomic E-state index is 0.455. The van der Waals surface area contributed by atoms with Gasteiger partial charge in [0.1, 0.15) is 11.6 Å². The van der Waals surface area contributed by atoms with Crippen molar-refractivity contribution < 1.29 is 4.74 Å². The van der Waals surface area contributed by atoms with Crippen LogP contribution in [-0.4, -0.2) is 12.1 Å². The molecule has 0 saturated heterocycles. The second-order valence-electron chi connectivity index (χ2n) is 3.44. The maximum Gasteiger partial charge on any atom is 0.142 e. The molecule has 0 aliphatic heterocycles. The lowest BCUT2D eigenvalue weighted by Crippen LogP contribution is -1.96. The van der Waals surface area contributed by atoms with E-state index in [1.54, 1.807) is 37.6 Å². The van der Waals surface area contributed by atoms with Gasteiger partial charge in [-0.15, -0.1) is 0 Å². The summed E-state index contributed by atoms with van der Waals surface area (Å²) in [4.78, 5) is 3.92. The van der Waals surface area contributed by atoms with E-state index < -0.39 is 0 Å². The van der Waals surface area contributed by atoms with Crippen LogP contribution in [0, 0.1) is 0 Å². The average Bonchev–Trinajstić information content (AvgIpc) is 2.29. The zero-order valence-electron chi connectivity index (χ0n) is 9.27. The van der Waals surface area contributed by atoms with Crippen molar-refractivity contribution in [3.05, 3.63) is 41.6 Å². The molecule has 0 saturated carbocycles. The predicted octanol–water partition coefficient (Wildman–Crippen LogP) is 3.07. The number of nitrogens with two attached hydrogens (primary N) is 1. The standard InChI is InChI=1S/C12H12ClN3O/c1-17-11-3-2-8(13)6-10(11)16-9-4-5-15-12(14)7-9/h2-7H,1H3,(H3,14,15,16). The van der Waals surface area contributed by atoms with Crippen LogP contribution in [0.1, 0.15) is 0 Å². The van der Waals surface area contributed by atoms with E-state index in [-0.39, 0.29) is 0 Å². The van der Waals surface area contributed by atoms with Crippen LogP contribution in [0.3, 0.4) is 0 Å². The number of rotatable bonds is 3. The summed E-state index contributed by atoms with van der Waals surface area (Å²) in [5.74, 6) is 1.17. The minimum absolute atomic E-state index is 0.455. The van der Waals surface area contributed by atoms with Crippen LogP contribution in [0.4, 0.5) is 17.2 Å². The molecule has 4 nitrogen and oxygen atoms in total. The molecule has 0 amide bonds. The molecular formula is C12H12ClN3O. The number of hydrogen-bond acceptors (Lipinski definition) is 4. The third kappa shape index (κ3) is 2.79. The van der Waals surface area contributed by atoms with Crippen molar-refractivity contribution in [2.24, 2.45) is 0 Å². The van der Waals surface area contributed by atoms with Gasteiger partial charge < -0.3 is 15.8 Å². The van der Waals surface area contributed by atoms with E-state index >= 15 is 0 Å². The average molecular weight is 250 g/mol. The van der Waals surface area contributed by atoms with Gasteiger partial charge in [-0.2, -0.15) is 0 Å². The van der Waals surface area contributed by atoms with Gasteiger partial charge in [0.15, 0.2) is 0 Å². The van der Waals surface area contributed by atoms with Crippen LogP contribution in [-0.2, 0) is 0 Å². The molecule has 0 unspecified atom stereocenters. The van der Waals surface area contributed by atoms with E-state index in [0.29, 0.717) is 16.6 Å². The van der Waals surface area contributed by atoms with Gasteiger partial charge in [0.05, 0.1) is 12.8 Å². The van der Waals surface area contributed by atoms with E-state index in [1.807, 2.05) is 6.07 Å². The zero-order valence-corrected chi connectivity index (χ0v) is 10.0. The van der Waals surface area contributed by atoms with Crippen LogP contribution in [0.15, 0.2) is 36.5 Å². The van der Waals surface area contributed by atoms with Gasteiger partial charge in [0.25, 0.3) is 0 Å². The Labute approximate surface area is 104 Å². The number of benzene rings is 1. The number of ether oxygens (including phenoxy) is 1. The molecule has 17 heavy (non-hydrogen) atoms. The molecule has 0 spiro atoms. The third-order valence-corrected chi connectivity index (χ3v) is 2.46. The first-order valence-corrected chi connectivity index (χ1v) is 5.39. The monoisotopic (exact) mass is 249 g/mol. The van der Waals surface area contributed by atoms with Gasteiger partial charge in [-0.1, -0.05) is 11.6 Å². The van der Waals surface area contributed by atoms with Gasteiger partial charge in [0, 0.05) is 23.0 Å². The Bertz CT molecular complexity index is 531. The van der Waals surface area contributed by atoms with E-state index in [0.717, 1.165) is 11.4 Å². The van der Waals surface area contributed by atoms with Crippen molar-refractivity contribution in [1.82, 2.24) is 4.98 Å². The van der Waals surface area contributed by atoms with E-state index in [4.69, 9.17) is 22.1 Å². The number of nitrogens with zero attached hydrogens (tertiary/aromatic N) is 1. The second-order valence-corrected chi connectivity index (χ2v) is 3.88. The molecule has 0 fully saturated rings. The fraction of sp³-hybridized carbons (Fsp3) is 0.0833. The Balaban J connectivity index is 2.32. The summed E-state index contributed by atoms with van der Waals surface area (Å²) < 4.78 is 5.23. The SMILES string of the molecule is COc1ccc(Cl)cc1Nc1ccnc(N)c1. The molecule has 1 heterocycles. The number of halogens is 1. The largest absolute Gasteiger partial charge is 0.495 e. The van der Waals surface area contributed by atoms with Gasteiger partial charge >= 0.3 is 0 Å². The first kappa shape index (κ1) is 11.5. The Kier molecular flexibility index (Phi) is 3.35. The Morgan fingerprint density at radius 2 is 2.12 bits per heavy atom. The summed E-state index contributed by atoms with van der Waals surface area (Å²) in [6.07, 6.45) is 1.63. The number of anilines is 3. The summed E-state index contributed by atoms with van der Waals surface area (Å²) >= 11 is 5.94. The summed E-state index contributed by atoms with van der Waals surface area (Å²) in [6, 6.07) is 8.91. The number of methoxy groups -OCH3 is 1. The van der Waals surface area contributed by atoms with Crippen LogP contribution < -0.4 is 15.8 Å². The first-order valence-electron chi connectivity index (χ1n) is 5.01. The zero-order chi connectivity index (χ0) is 12.3. The Hall–Kier alpha value is -1.94. The highest BCUT2D eigenvalue weighted by molar-refractivity contribution is 6.31. The van der Waals surface area contributed by atoms with E-state index in [2.05, 4.69) is 10.3 Å². The number of pyridine rings is 1. The highest BCUT2D eigenvalue weighted by Crippen LogP contribution is 2.30. The fourth-order valence-corrected chi connectivity index (χ4v) is 1.63. The van der Waals surface area contributed by atoms with Crippen molar-refractivity contribution >= 4 is 28.8 Å². The molecule has 2 aromatic rings. The molecule has 0 aliphatic rings. The highest BCUT2D eigenvalue weighted by Gasteiger charge is 2.04. The summed E-state index contributed by atoms with van der Waals surface area (Å²) in [5.41, 5.74) is 7.22. The van der Waals surface area contributed by atoms with Crippen LogP contribution in [0.25, 0.3) is 0 Å². The van der Waals surface area contributed by atoms with Gasteiger partial charge in [-0.05, 0) is 24.3 Å². The lowest BCUT2D eigenvalue weighted by atomic mass is 10.2. The Morgan fingerprint density at radius 3 is 2.82 bits per heavy atom. The van der Waals surface area contributed by atoms with Crippen molar-refractivity contribution in [2.75, 3.05) is 18.2 Å². The van der Waals surface area contributed by atoms with Crippen molar-refractivity contribution in [1.29, 1.82) is 0 Å². The van der Waals surface area contributed by atoms with Crippen molar-refractivity contribution in [3.63, 3.8) is 0 Å². The molecule has 1 aromatic carbocycles. The number of hydrogen-bond donors (Lipinski definition) is 2. The van der Waals surface area contributed by atoms with Gasteiger partial charge in [0.2, 0.25) is 0 Å². The fourth-order valence-electron chi connectivity index (χ4n) is 1.46. The molecular weight excluding hydrogens is 238 g/mol. The molecule has 2 rings (SSSR count). The molecule has 3 N–H and O–H groups in total. The molecule has 0 atom stereocenters. The smallest absolute Gasteiger partial charge is 0.142 e. The van der Waals surface area contributed by atoms with Gasteiger partial charge in [-0.3, -0.25) is 0 Å². The van der Waals surface area contributed by atoms with Crippen LogP contribution in [0.2, 0.25) is 5.02 Å². The van der Waals surface area contributed by atoms with Crippen LogP contribution >= 0.6 is 11.6 Å². The summed E-state index contributed by atoms with van der Waals surface area (Å²) in [5, 5.41) is 3.81. The molecule has 88 valence electrons. The summed E-state index contributed by atoms with van der Waals surface area (Å²) in [7, 11) is 1.61. The number of aromatic nitrogens is 1. The van der Waals surface area contributed by atoms with Crippen LogP contribution in [0.5, 0.6) is 5.75 Å². The number of nitrogens with one attached hydrogen (secondary N) is 1. The Morgan fingerprint density at radius 1 is 1.29 bits per heavy atom. The van der Waals surface area contributed by atoms with Crippen molar-refractivity contribution in [3.8, 4) is 5.75 Å². The van der Waals surface area contributed by atoms with Gasteiger partial charge in [-0.25, -0.2) is 4.98 Å². The van der Waals surface area contributed by atoms with E-state index in [9.17, 15) is 0 Å². The normalized spacial score (nSPS) is 10.0. The topological polar surface area (TPSA) is 60.2 Å². The first-order chi connectivity index (χ1) is 8.19. The maximum atomic E-state index is 5.94. The van der Waals surface area contributed by atoms with E-state index in [1.165, 1.54) is 0 Å². The lowest BCUT2D eigenvalue weighted by molar-refractivity contribution is 0.417.